The van der Waals surface area contributed by atoms with Crippen LogP contribution < -0.4 is 0 Å². The molecule has 21 heavy (non-hydrogen) atoms. The maximum atomic E-state index is 12.8. The van der Waals surface area contributed by atoms with E-state index in [9.17, 15) is 9.18 Å². The lowest BCUT2D eigenvalue weighted by atomic mass is 10.1. The van der Waals surface area contributed by atoms with Gasteiger partial charge in [-0.1, -0.05) is 11.2 Å². The van der Waals surface area contributed by atoms with E-state index in [1.165, 1.54) is 23.5 Å². The summed E-state index contributed by atoms with van der Waals surface area (Å²) in [5, 5.41) is 5.63. The average molecular weight is 303 g/mol. The number of thiophene rings is 1. The Hall–Kier alpha value is -2.47. The molecule has 0 radical (unpaired) electrons. The van der Waals surface area contributed by atoms with Gasteiger partial charge in [0, 0.05) is 11.6 Å². The summed E-state index contributed by atoms with van der Waals surface area (Å²) >= 11 is 1.32. The second kappa shape index (κ2) is 5.88. The van der Waals surface area contributed by atoms with Gasteiger partial charge in [-0.25, -0.2) is 9.18 Å². The van der Waals surface area contributed by atoms with Crippen LogP contribution in [0.2, 0.25) is 0 Å². The van der Waals surface area contributed by atoms with Gasteiger partial charge in [0.05, 0.1) is 0 Å². The lowest BCUT2D eigenvalue weighted by Gasteiger charge is -1.98. The molecule has 0 bridgehead atoms. The predicted molar refractivity (Wildman–Crippen MR) is 75.3 cm³/mol. The standard InChI is InChI=1S/C15H10FNO3S/c16-11-5-3-10(4-6-11)13-8-12(17-20-13)9-19-15(18)14-2-1-7-21-14/h1-8H,9H2. The topological polar surface area (TPSA) is 52.3 Å². The van der Waals surface area contributed by atoms with E-state index in [1.54, 1.807) is 35.7 Å². The number of hydrogen-bond acceptors (Lipinski definition) is 5. The molecule has 0 fully saturated rings. The minimum atomic E-state index is -0.392. The first-order valence-corrected chi connectivity index (χ1v) is 7.02. The molecule has 1 aromatic carbocycles. The van der Waals surface area contributed by atoms with E-state index >= 15 is 0 Å². The van der Waals surface area contributed by atoms with E-state index in [1.807, 2.05) is 0 Å². The van der Waals surface area contributed by atoms with Crippen LogP contribution in [0.15, 0.2) is 52.4 Å². The number of nitrogens with zero attached hydrogens (tertiary/aromatic N) is 1. The van der Waals surface area contributed by atoms with Crippen molar-refractivity contribution in [2.24, 2.45) is 0 Å². The summed E-state index contributed by atoms with van der Waals surface area (Å²) in [4.78, 5) is 12.2. The molecule has 6 heteroatoms. The minimum Gasteiger partial charge on any atom is -0.455 e. The van der Waals surface area contributed by atoms with Gasteiger partial charge in [0.2, 0.25) is 0 Å². The van der Waals surface area contributed by atoms with Crippen LogP contribution in [0.1, 0.15) is 15.4 Å². The van der Waals surface area contributed by atoms with Crippen molar-refractivity contribution in [3.63, 3.8) is 0 Å². The number of carbonyl (C=O) groups is 1. The van der Waals surface area contributed by atoms with Gasteiger partial charge in [0.15, 0.2) is 5.76 Å². The summed E-state index contributed by atoms with van der Waals surface area (Å²) < 4.78 is 23.1. The first-order chi connectivity index (χ1) is 10.2. The fourth-order valence-corrected chi connectivity index (χ4v) is 2.35. The highest BCUT2D eigenvalue weighted by Gasteiger charge is 2.11. The number of aromatic nitrogens is 1. The second-order valence-electron chi connectivity index (χ2n) is 4.24. The number of hydrogen-bond donors (Lipinski definition) is 0. The SMILES string of the molecule is O=C(OCc1cc(-c2ccc(F)cc2)on1)c1cccs1. The fraction of sp³-hybridized carbons (Fsp3) is 0.0667. The van der Waals surface area contributed by atoms with Crippen LogP contribution in [0.5, 0.6) is 0 Å². The molecule has 3 rings (SSSR count). The van der Waals surface area contributed by atoms with Crippen molar-refractivity contribution in [2.45, 2.75) is 6.61 Å². The third-order valence-electron chi connectivity index (χ3n) is 2.76. The number of rotatable bonds is 4. The summed E-state index contributed by atoms with van der Waals surface area (Å²) in [6.07, 6.45) is 0. The third kappa shape index (κ3) is 3.17. The largest absolute Gasteiger partial charge is 0.455 e. The third-order valence-corrected chi connectivity index (χ3v) is 3.61. The Labute approximate surface area is 123 Å². The van der Waals surface area contributed by atoms with Crippen LogP contribution in [0.4, 0.5) is 4.39 Å². The zero-order valence-corrected chi connectivity index (χ0v) is 11.6. The zero-order chi connectivity index (χ0) is 14.7. The summed E-state index contributed by atoms with van der Waals surface area (Å²) in [5.41, 5.74) is 1.21. The predicted octanol–water partition coefficient (Wildman–Crippen LogP) is 3.90. The second-order valence-corrected chi connectivity index (χ2v) is 5.19. The van der Waals surface area contributed by atoms with Crippen LogP contribution >= 0.6 is 11.3 Å². The van der Waals surface area contributed by atoms with E-state index in [2.05, 4.69) is 5.16 Å². The first-order valence-electron chi connectivity index (χ1n) is 6.14. The fourth-order valence-electron chi connectivity index (χ4n) is 1.74. The normalized spacial score (nSPS) is 10.5. The molecule has 0 N–H and O–H groups in total. The summed E-state index contributed by atoms with van der Waals surface area (Å²) in [7, 11) is 0. The van der Waals surface area contributed by atoms with Crippen molar-refractivity contribution >= 4 is 17.3 Å². The van der Waals surface area contributed by atoms with Crippen LogP contribution in [0.25, 0.3) is 11.3 Å². The number of halogens is 1. The van der Waals surface area contributed by atoms with Crippen molar-refractivity contribution < 1.29 is 18.4 Å². The van der Waals surface area contributed by atoms with Crippen molar-refractivity contribution in [3.05, 3.63) is 64.2 Å². The summed E-state index contributed by atoms with van der Waals surface area (Å²) in [5.74, 6) is -0.211. The highest BCUT2D eigenvalue weighted by atomic mass is 32.1. The van der Waals surface area contributed by atoms with Crippen molar-refractivity contribution in [2.75, 3.05) is 0 Å². The number of esters is 1. The average Bonchev–Trinajstić information content (AvgIpc) is 3.17. The lowest BCUT2D eigenvalue weighted by molar-refractivity contribution is 0.0470. The zero-order valence-electron chi connectivity index (χ0n) is 10.8. The Morgan fingerprint density at radius 1 is 1.29 bits per heavy atom. The van der Waals surface area contributed by atoms with Crippen LogP contribution in [0, 0.1) is 5.82 Å². The molecular formula is C15H10FNO3S. The molecule has 3 aromatic rings. The quantitative estimate of drug-likeness (QED) is 0.686. The highest BCUT2D eigenvalue weighted by molar-refractivity contribution is 7.11. The van der Waals surface area contributed by atoms with E-state index in [4.69, 9.17) is 9.26 Å². The molecule has 0 unspecified atom stereocenters. The molecule has 0 aliphatic rings. The Balaban J connectivity index is 1.65. The molecule has 0 saturated heterocycles. The molecule has 2 heterocycles. The van der Waals surface area contributed by atoms with Gasteiger partial charge in [-0.05, 0) is 35.7 Å². The molecular weight excluding hydrogens is 293 g/mol. The Morgan fingerprint density at radius 3 is 2.81 bits per heavy atom. The molecule has 0 atom stereocenters. The Morgan fingerprint density at radius 2 is 2.10 bits per heavy atom. The van der Waals surface area contributed by atoms with Gasteiger partial charge in [-0.3, -0.25) is 0 Å². The van der Waals surface area contributed by atoms with Gasteiger partial charge in [-0.2, -0.15) is 0 Å². The number of benzene rings is 1. The van der Waals surface area contributed by atoms with Gasteiger partial charge in [0.25, 0.3) is 0 Å². The van der Waals surface area contributed by atoms with Crippen LogP contribution in [0.3, 0.4) is 0 Å². The van der Waals surface area contributed by atoms with Crippen LogP contribution in [-0.4, -0.2) is 11.1 Å². The summed E-state index contributed by atoms with van der Waals surface area (Å²) in [6, 6.07) is 11.0. The van der Waals surface area contributed by atoms with Crippen molar-refractivity contribution in [3.8, 4) is 11.3 Å². The molecule has 0 aliphatic carbocycles. The van der Waals surface area contributed by atoms with Gasteiger partial charge >= 0.3 is 5.97 Å². The molecule has 0 aliphatic heterocycles. The first kappa shape index (κ1) is 13.5. The maximum Gasteiger partial charge on any atom is 0.348 e. The van der Waals surface area contributed by atoms with E-state index in [-0.39, 0.29) is 12.4 Å². The summed E-state index contributed by atoms with van der Waals surface area (Å²) in [6.45, 7) is 0.0292. The minimum absolute atomic E-state index is 0.0292. The Bertz CT molecular complexity index is 735. The van der Waals surface area contributed by atoms with Gasteiger partial charge in [0.1, 0.15) is 23.0 Å². The smallest absolute Gasteiger partial charge is 0.348 e. The molecule has 2 aromatic heterocycles. The van der Waals surface area contributed by atoms with E-state index in [0.29, 0.717) is 21.9 Å². The lowest BCUT2D eigenvalue weighted by Crippen LogP contribution is -2.03. The molecule has 0 spiro atoms. The van der Waals surface area contributed by atoms with Gasteiger partial charge < -0.3 is 9.26 Å². The highest BCUT2D eigenvalue weighted by Crippen LogP contribution is 2.21. The van der Waals surface area contributed by atoms with Crippen molar-refractivity contribution in [1.29, 1.82) is 0 Å². The molecule has 0 saturated carbocycles. The van der Waals surface area contributed by atoms with Crippen molar-refractivity contribution in [1.82, 2.24) is 5.16 Å². The number of carbonyl (C=O) groups excluding carboxylic acids is 1. The monoisotopic (exact) mass is 303 g/mol. The molecule has 106 valence electrons. The molecule has 0 amide bonds. The molecule has 4 nitrogen and oxygen atoms in total. The van der Waals surface area contributed by atoms with Gasteiger partial charge in [-0.15, -0.1) is 11.3 Å². The Kier molecular flexibility index (Phi) is 3.79. The van der Waals surface area contributed by atoms with E-state index in [0.717, 1.165) is 0 Å². The van der Waals surface area contributed by atoms with E-state index < -0.39 is 5.97 Å². The van der Waals surface area contributed by atoms with Crippen LogP contribution in [-0.2, 0) is 11.3 Å². The number of ether oxygens (including phenoxy) is 1. The maximum absolute atomic E-state index is 12.8.